The number of fused-ring (bicyclic) bond motifs is 5. The van der Waals surface area contributed by atoms with Crippen LogP contribution >= 0.6 is 15.9 Å². The first-order valence-electron chi connectivity index (χ1n) is 33.4. The van der Waals surface area contributed by atoms with Gasteiger partial charge >= 0.3 is 0 Å². The summed E-state index contributed by atoms with van der Waals surface area (Å²) in [4.78, 5) is 43.2. The molecule has 0 aliphatic carbocycles. The van der Waals surface area contributed by atoms with Gasteiger partial charge in [0, 0.05) is 163 Å². The maximum absolute atomic E-state index is 13.9. The van der Waals surface area contributed by atoms with E-state index in [1.807, 2.05) is 99.2 Å². The van der Waals surface area contributed by atoms with Gasteiger partial charge in [-0.15, -0.1) is 0 Å². The lowest BCUT2D eigenvalue weighted by molar-refractivity contribution is -0.123. The number of pyridine rings is 2. The number of likely N-dealkylation sites (N-methyl/N-ethyl adjacent to an activating group) is 4. The van der Waals surface area contributed by atoms with Gasteiger partial charge < -0.3 is 44.4 Å². The molecule has 12 heterocycles. The summed E-state index contributed by atoms with van der Waals surface area (Å²) in [6.45, 7) is 8.40. The molecular weight excluding hydrogens is 1470 g/mol. The van der Waals surface area contributed by atoms with Crippen LogP contribution in [-0.2, 0) is 57.3 Å². The van der Waals surface area contributed by atoms with Gasteiger partial charge in [0.25, 0.3) is 49.5 Å². The van der Waals surface area contributed by atoms with Crippen molar-refractivity contribution in [2.75, 3.05) is 92.1 Å². The SMILES string of the molecule is CCc1ccc2c(C3=CCN(C)CC3)cn(S(=O)(=O)c3cc(Br)cc4c3OCC4)c2n1.CN1CC=C(c2cn(S(=O)(=O)c3ccc4c(c3)OCCN4C)c3ccc(-n4cccn4)cc23)CC1.CN1CC=C(c2cn(S(=O)(=O)c3cccnc3)c3ccc(-n4cccn4)cc23)CC1.O=CO.O=CO.O=CO. The Balaban J connectivity index is 0.000000149. The van der Waals surface area contributed by atoms with Crippen LogP contribution in [0.1, 0.15) is 54.1 Å². The number of benzene rings is 4. The van der Waals surface area contributed by atoms with E-state index in [2.05, 4.69) is 90.1 Å². The number of aromatic nitrogens is 9. The largest absolute Gasteiger partial charge is 0.492 e. The zero-order valence-electron chi connectivity index (χ0n) is 58.1. The van der Waals surface area contributed by atoms with E-state index < -0.39 is 30.1 Å². The normalized spacial score (nSPS) is 15.3. The van der Waals surface area contributed by atoms with Crippen LogP contribution in [0.4, 0.5) is 5.69 Å². The van der Waals surface area contributed by atoms with Gasteiger partial charge in [-0.2, -0.15) is 10.2 Å². The number of anilines is 1. The standard InChI is InChI=1S/C26H27N5O3S.C23H24BrN3O3S.C22H21N5O2S.3CH2O2/c1-28-12-8-19(9-13-28)23-18-31(24-6-4-20(16-22(23)24)30-11-3-10-27-30)35(32,33)21-5-7-25-26(17-21)34-15-14-29(25)2;1-3-18-4-5-19-20(15-6-9-26(2)10-7-15)14-27(23(19)25-18)31(28,29)21-13-17(24)12-16-8-11-30-22(16)21;1-25-12-7-17(8-13-25)21-16-27(30(28,29)19-4-2-9-23-15-19)22-6-5-18(14-20(21)22)26-11-3-10-24-26;3*2-1-3/h3-8,10-11,16-18H,9,12-15H2,1-2H3;4-6,12-14H,3,7-11H2,1-2H3;2-7,9-11,14-16H,8,12-13H2,1H3;3*1H,(H,2,3). The second-order valence-electron chi connectivity index (χ2n) is 25.0. The van der Waals surface area contributed by atoms with Gasteiger partial charge in [0.15, 0.2) is 5.65 Å². The molecular formula is C74H78BrN13O14S3. The van der Waals surface area contributed by atoms with Crippen molar-refractivity contribution in [1.29, 1.82) is 0 Å². The molecule has 0 saturated carbocycles. The van der Waals surface area contributed by atoms with E-state index in [0.29, 0.717) is 47.8 Å². The average molecular weight is 1550 g/mol. The third-order valence-electron chi connectivity index (χ3n) is 18.4. The third-order valence-corrected chi connectivity index (χ3v) is 23.8. The van der Waals surface area contributed by atoms with E-state index in [0.717, 1.165) is 148 Å². The van der Waals surface area contributed by atoms with Crippen LogP contribution in [0, 0.1) is 0 Å². The Morgan fingerprint density at radius 2 is 1.06 bits per heavy atom. The van der Waals surface area contributed by atoms with E-state index in [-0.39, 0.29) is 34.1 Å². The van der Waals surface area contributed by atoms with Crippen molar-refractivity contribution in [3.63, 3.8) is 0 Å². The quantitative estimate of drug-likeness (QED) is 0.0957. The Bertz CT molecular complexity index is 5430. The van der Waals surface area contributed by atoms with Crippen LogP contribution in [0.2, 0.25) is 0 Å². The number of carbonyl (C=O) groups is 3. The molecule has 4 aromatic carbocycles. The molecule has 0 atom stereocenters. The maximum atomic E-state index is 13.9. The summed E-state index contributed by atoms with van der Waals surface area (Å²) in [6, 6.07) is 31.1. The van der Waals surface area contributed by atoms with Gasteiger partial charge in [-0.3, -0.25) is 19.4 Å². The van der Waals surface area contributed by atoms with Gasteiger partial charge in [0.05, 0.1) is 46.1 Å². The molecule has 5 aliphatic heterocycles. The van der Waals surface area contributed by atoms with Crippen molar-refractivity contribution in [3.05, 3.63) is 210 Å². The highest BCUT2D eigenvalue weighted by Crippen LogP contribution is 2.42. The van der Waals surface area contributed by atoms with Crippen molar-refractivity contribution >= 4 is 121 Å². The second kappa shape index (κ2) is 33.1. The number of halogens is 1. The minimum atomic E-state index is -3.91. The third kappa shape index (κ3) is 16.2. The monoisotopic (exact) mass is 1550 g/mol. The van der Waals surface area contributed by atoms with Gasteiger partial charge in [-0.1, -0.05) is 41.1 Å². The highest BCUT2D eigenvalue weighted by atomic mass is 79.9. The summed E-state index contributed by atoms with van der Waals surface area (Å²) in [7, 11) is -3.29. The van der Waals surface area contributed by atoms with E-state index in [1.165, 1.54) is 23.7 Å². The first kappa shape index (κ1) is 75.6. The number of nitrogens with zero attached hydrogens (tertiary/aromatic N) is 13. The molecule has 31 heteroatoms. The predicted octanol–water partition coefficient (Wildman–Crippen LogP) is 10.1. The van der Waals surface area contributed by atoms with E-state index in [4.69, 9.17) is 44.2 Å². The van der Waals surface area contributed by atoms with Gasteiger partial charge in [-0.05, 0) is 161 Å². The Labute approximate surface area is 615 Å². The van der Waals surface area contributed by atoms with Crippen LogP contribution in [0.25, 0.3) is 60.9 Å². The second-order valence-corrected chi connectivity index (χ2v) is 31.3. The Morgan fingerprint density at radius 1 is 0.533 bits per heavy atom. The molecule has 0 amide bonds. The number of hydrogen-bond acceptors (Lipinski definition) is 19. The molecule has 5 aliphatic rings. The van der Waals surface area contributed by atoms with Crippen molar-refractivity contribution in [2.24, 2.45) is 0 Å². The van der Waals surface area contributed by atoms with Gasteiger partial charge in [0.2, 0.25) is 0 Å². The summed E-state index contributed by atoms with van der Waals surface area (Å²) in [6.07, 6.45) is 26.0. The van der Waals surface area contributed by atoms with Crippen molar-refractivity contribution in [2.45, 2.75) is 53.7 Å². The van der Waals surface area contributed by atoms with E-state index in [9.17, 15) is 25.3 Å². The maximum Gasteiger partial charge on any atom is 0.290 e. The number of ether oxygens (including phenoxy) is 2. The zero-order chi connectivity index (χ0) is 74.7. The highest BCUT2D eigenvalue weighted by Gasteiger charge is 2.32. The minimum Gasteiger partial charge on any atom is -0.492 e. The summed E-state index contributed by atoms with van der Waals surface area (Å²) in [5, 5.41) is 32.0. The van der Waals surface area contributed by atoms with Crippen molar-refractivity contribution in [1.82, 2.24) is 56.1 Å². The van der Waals surface area contributed by atoms with Crippen LogP contribution in [0.3, 0.4) is 0 Å². The Morgan fingerprint density at radius 3 is 1.54 bits per heavy atom. The molecule has 0 saturated heterocycles. The fourth-order valence-corrected chi connectivity index (χ4v) is 17.9. The summed E-state index contributed by atoms with van der Waals surface area (Å²) in [5.74, 6) is 1.05. The summed E-state index contributed by atoms with van der Waals surface area (Å²) >= 11 is 3.47. The smallest absolute Gasteiger partial charge is 0.290 e. The molecule has 0 unspecified atom stereocenters. The fraction of sp³-hybridized carbons (Fsp3) is 0.257. The van der Waals surface area contributed by atoms with Gasteiger partial charge in [-0.25, -0.2) is 51.5 Å². The zero-order valence-corrected chi connectivity index (χ0v) is 62.2. The van der Waals surface area contributed by atoms with Crippen LogP contribution in [0.5, 0.6) is 11.5 Å². The fourth-order valence-electron chi connectivity index (χ4n) is 13.0. The lowest BCUT2D eigenvalue weighted by atomic mass is 9.99. The van der Waals surface area contributed by atoms with Crippen LogP contribution < -0.4 is 14.4 Å². The molecule has 0 spiro atoms. The molecule has 0 fully saturated rings. The molecule has 3 N–H and O–H groups in total. The topological polar surface area (TPSA) is 322 Å². The number of hydrogen-bond donors (Lipinski definition) is 3. The first-order chi connectivity index (χ1) is 50.6. The average Bonchev–Trinajstić information content (AvgIpc) is 1.64. The number of rotatable bonds is 12. The molecule has 7 aromatic heterocycles. The van der Waals surface area contributed by atoms with Crippen molar-refractivity contribution < 1.29 is 64.4 Å². The molecule has 11 aromatic rings. The minimum absolute atomic E-state index is 0.168. The van der Waals surface area contributed by atoms with E-state index >= 15 is 0 Å². The van der Waals surface area contributed by atoms with Crippen LogP contribution in [0.15, 0.2) is 196 Å². The first-order valence-corrected chi connectivity index (χ1v) is 38.5. The lowest BCUT2D eigenvalue weighted by Gasteiger charge is -2.27. The Kier molecular flexibility index (Phi) is 23.8. The van der Waals surface area contributed by atoms with Crippen LogP contribution in [-0.4, -0.2) is 203 Å². The molecule has 27 nitrogen and oxygen atoms in total. The molecule has 0 radical (unpaired) electrons. The van der Waals surface area contributed by atoms with Crippen molar-refractivity contribution in [3.8, 4) is 22.9 Å². The molecule has 16 rings (SSSR count). The summed E-state index contributed by atoms with van der Waals surface area (Å²) in [5.41, 5.74) is 12.5. The predicted molar refractivity (Wildman–Crippen MR) is 404 cm³/mol. The lowest BCUT2D eigenvalue weighted by Crippen LogP contribution is -2.29. The van der Waals surface area contributed by atoms with Gasteiger partial charge in [0.1, 0.15) is 27.9 Å². The number of carboxylic acid groups (broad SMARTS) is 3. The Hall–Kier alpha value is -10.5. The molecule has 0 bridgehead atoms. The highest BCUT2D eigenvalue weighted by molar-refractivity contribution is 9.10. The summed E-state index contributed by atoms with van der Waals surface area (Å²) < 4.78 is 102. The molecule has 548 valence electrons. The van der Waals surface area contributed by atoms with E-state index in [1.54, 1.807) is 76.9 Å². The molecule has 105 heavy (non-hydrogen) atoms. The number of aryl methyl sites for hydroxylation is 1.